The average Bonchev–Trinajstić information content (AvgIpc) is 3.09. The number of hydrogen-bond donors (Lipinski definition) is 1. The van der Waals surface area contributed by atoms with Crippen LogP contribution in [0.5, 0.6) is 0 Å². The van der Waals surface area contributed by atoms with Gasteiger partial charge >= 0.3 is 0 Å². The topological polar surface area (TPSA) is 49.4 Å². The van der Waals surface area contributed by atoms with Crippen LogP contribution in [0, 0.1) is 11.3 Å². The molecular weight excluding hydrogens is 272 g/mol. The largest absolute Gasteiger partial charge is 0.311 e. The van der Waals surface area contributed by atoms with Gasteiger partial charge in [0.2, 0.25) is 0 Å². The lowest BCUT2D eigenvalue weighted by atomic mass is 9.84. The maximum atomic E-state index is 11.3. The van der Waals surface area contributed by atoms with Gasteiger partial charge in [0.1, 0.15) is 9.84 Å². The Bertz CT molecular complexity index is 424. The van der Waals surface area contributed by atoms with Gasteiger partial charge in [-0.25, -0.2) is 8.42 Å². The van der Waals surface area contributed by atoms with Crippen LogP contribution in [-0.2, 0) is 9.84 Å². The molecule has 2 rings (SSSR count). The van der Waals surface area contributed by atoms with Gasteiger partial charge in [-0.1, -0.05) is 20.8 Å². The summed E-state index contributed by atoms with van der Waals surface area (Å²) in [7, 11) is -2.83. The molecule has 4 nitrogen and oxygen atoms in total. The highest BCUT2D eigenvalue weighted by atomic mass is 32.2. The predicted octanol–water partition coefficient (Wildman–Crippen LogP) is 1.52. The van der Waals surface area contributed by atoms with E-state index in [2.05, 4.69) is 31.0 Å². The Kier molecular flexibility index (Phi) is 4.82. The van der Waals surface area contributed by atoms with Gasteiger partial charge in [-0.2, -0.15) is 0 Å². The Morgan fingerprint density at radius 2 is 1.90 bits per heavy atom. The summed E-state index contributed by atoms with van der Waals surface area (Å²) in [6, 6.07) is 1.11. The Morgan fingerprint density at radius 1 is 1.25 bits per heavy atom. The van der Waals surface area contributed by atoms with Gasteiger partial charge in [0.05, 0.1) is 5.75 Å². The van der Waals surface area contributed by atoms with Gasteiger partial charge in [0.25, 0.3) is 0 Å². The van der Waals surface area contributed by atoms with Crippen molar-refractivity contribution in [2.45, 2.75) is 52.1 Å². The smallest absolute Gasteiger partial charge is 0.147 e. The molecule has 2 atom stereocenters. The molecule has 1 saturated carbocycles. The lowest BCUT2D eigenvalue weighted by Gasteiger charge is -2.45. The second-order valence-corrected chi connectivity index (χ2v) is 9.97. The molecule has 0 amide bonds. The number of nitrogens with zero attached hydrogens (tertiary/aromatic N) is 1. The van der Waals surface area contributed by atoms with Crippen LogP contribution in [0.3, 0.4) is 0 Å². The first kappa shape index (κ1) is 16.2. The minimum Gasteiger partial charge on any atom is -0.311 e. The summed E-state index contributed by atoms with van der Waals surface area (Å²) in [6.07, 6.45) is 4.78. The van der Waals surface area contributed by atoms with E-state index in [4.69, 9.17) is 0 Å². The fraction of sp³-hybridized carbons (Fsp3) is 1.00. The molecule has 20 heavy (non-hydrogen) atoms. The van der Waals surface area contributed by atoms with Gasteiger partial charge in [-0.3, -0.25) is 4.90 Å². The zero-order chi connectivity index (χ0) is 15.0. The molecule has 118 valence electrons. The first-order valence-electron chi connectivity index (χ1n) is 7.82. The van der Waals surface area contributed by atoms with E-state index in [-0.39, 0.29) is 5.41 Å². The molecule has 5 heteroatoms. The van der Waals surface area contributed by atoms with E-state index < -0.39 is 9.84 Å². The second kappa shape index (κ2) is 5.93. The van der Waals surface area contributed by atoms with Crippen LogP contribution in [0.25, 0.3) is 0 Å². The van der Waals surface area contributed by atoms with E-state index in [1.807, 2.05) is 0 Å². The molecule has 0 aromatic rings. The van der Waals surface area contributed by atoms with Gasteiger partial charge < -0.3 is 5.32 Å². The Labute approximate surface area is 124 Å². The molecule has 0 bridgehead atoms. The molecule has 1 aliphatic heterocycles. The maximum Gasteiger partial charge on any atom is 0.147 e. The van der Waals surface area contributed by atoms with Crippen molar-refractivity contribution in [1.29, 1.82) is 0 Å². The summed E-state index contributed by atoms with van der Waals surface area (Å²) in [5.41, 5.74) is 0.254. The fourth-order valence-electron chi connectivity index (χ4n) is 3.14. The van der Waals surface area contributed by atoms with Gasteiger partial charge in [0, 0.05) is 31.4 Å². The standard InChI is InChI=1S/C15H30N2O2S/c1-15(2,3)14-11-17(8-5-9-20(4,18)19)13(10-16-14)12-6-7-12/h12-14,16H,5-11H2,1-4H3. The Morgan fingerprint density at radius 3 is 2.40 bits per heavy atom. The first-order valence-corrected chi connectivity index (χ1v) is 9.88. The van der Waals surface area contributed by atoms with Crippen LogP contribution < -0.4 is 5.32 Å². The fourth-order valence-corrected chi connectivity index (χ4v) is 3.79. The third kappa shape index (κ3) is 4.71. The zero-order valence-corrected chi connectivity index (χ0v) is 14.2. The van der Waals surface area contributed by atoms with E-state index in [1.165, 1.54) is 19.1 Å². The molecule has 1 N–H and O–H groups in total. The molecule has 1 aliphatic carbocycles. The number of rotatable bonds is 5. The number of piperazine rings is 1. The molecule has 2 fully saturated rings. The second-order valence-electron chi connectivity index (χ2n) is 7.71. The van der Waals surface area contributed by atoms with E-state index in [0.29, 0.717) is 17.8 Å². The molecule has 2 unspecified atom stereocenters. The van der Waals surface area contributed by atoms with Crippen molar-refractivity contribution in [2.75, 3.05) is 31.6 Å². The summed E-state index contributed by atoms with van der Waals surface area (Å²) in [5, 5.41) is 3.71. The molecule has 0 aromatic heterocycles. The molecule has 1 saturated heterocycles. The van der Waals surface area contributed by atoms with Gasteiger partial charge in [-0.15, -0.1) is 0 Å². The average molecular weight is 302 g/mol. The highest BCUT2D eigenvalue weighted by molar-refractivity contribution is 7.90. The number of hydrogen-bond acceptors (Lipinski definition) is 4. The van der Waals surface area contributed by atoms with Crippen LogP contribution >= 0.6 is 0 Å². The Hall–Kier alpha value is -0.130. The summed E-state index contributed by atoms with van der Waals surface area (Å²) < 4.78 is 22.6. The number of nitrogens with one attached hydrogen (secondary N) is 1. The summed E-state index contributed by atoms with van der Waals surface area (Å²) in [5.74, 6) is 1.15. The normalized spacial score (nSPS) is 29.6. The molecule has 2 aliphatic rings. The van der Waals surface area contributed by atoms with Crippen LogP contribution in [0.1, 0.15) is 40.0 Å². The quantitative estimate of drug-likeness (QED) is 0.836. The van der Waals surface area contributed by atoms with Gasteiger partial charge in [-0.05, 0) is 37.1 Å². The Balaban J connectivity index is 1.92. The van der Waals surface area contributed by atoms with Crippen molar-refractivity contribution in [2.24, 2.45) is 11.3 Å². The third-order valence-corrected chi connectivity index (χ3v) is 5.66. The highest BCUT2D eigenvalue weighted by Crippen LogP contribution is 2.37. The molecule has 0 spiro atoms. The van der Waals surface area contributed by atoms with Crippen molar-refractivity contribution in [3.63, 3.8) is 0 Å². The van der Waals surface area contributed by atoms with Crippen molar-refractivity contribution >= 4 is 9.84 Å². The minimum atomic E-state index is -2.83. The van der Waals surface area contributed by atoms with Crippen LogP contribution in [0.2, 0.25) is 0 Å². The SMILES string of the molecule is CC(C)(C)C1CN(CCCS(C)(=O)=O)C(C2CC2)CN1. The lowest BCUT2D eigenvalue weighted by molar-refractivity contribution is 0.0753. The summed E-state index contributed by atoms with van der Waals surface area (Å²) in [4.78, 5) is 2.55. The molecule has 0 radical (unpaired) electrons. The van der Waals surface area contributed by atoms with Crippen molar-refractivity contribution in [1.82, 2.24) is 10.2 Å². The number of sulfone groups is 1. The van der Waals surface area contributed by atoms with Crippen molar-refractivity contribution < 1.29 is 8.42 Å². The highest BCUT2D eigenvalue weighted by Gasteiger charge is 2.40. The zero-order valence-electron chi connectivity index (χ0n) is 13.4. The maximum absolute atomic E-state index is 11.3. The van der Waals surface area contributed by atoms with Crippen molar-refractivity contribution in [3.05, 3.63) is 0 Å². The minimum absolute atomic E-state index is 0.254. The van der Waals surface area contributed by atoms with Crippen LogP contribution in [0.4, 0.5) is 0 Å². The van der Waals surface area contributed by atoms with Crippen LogP contribution in [0.15, 0.2) is 0 Å². The molecule has 0 aromatic carbocycles. The first-order chi connectivity index (χ1) is 9.17. The molecule has 1 heterocycles. The lowest BCUT2D eigenvalue weighted by Crippen LogP contribution is -2.61. The van der Waals surface area contributed by atoms with E-state index >= 15 is 0 Å². The summed E-state index contributed by atoms with van der Waals surface area (Å²) in [6.45, 7) is 9.85. The third-order valence-electron chi connectivity index (χ3n) is 4.63. The van der Waals surface area contributed by atoms with E-state index in [1.54, 1.807) is 0 Å². The van der Waals surface area contributed by atoms with Gasteiger partial charge in [0.15, 0.2) is 0 Å². The predicted molar refractivity (Wildman–Crippen MR) is 83.7 cm³/mol. The van der Waals surface area contributed by atoms with Crippen LogP contribution in [-0.4, -0.2) is 57.0 Å². The monoisotopic (exact) mass is 302 g/mol. The van der Waals surface area contributed by atoms with E-state index in [9.17, 15) is 8.42 Å². The van der Waals surface area contributed by atoms with E-state index in [0.717, 1.165) is 32.0 Å². The van der Waals surface area contributed by atoms with Crippen molar-refractivity contribution in [3.8, 4) is 0 Å². The molecular formula is C15H30N2O2S. The summed E-state index contributed by atoms with van der Waals surface area (Å²) >= 11 is 0.